The zero-order chi connectivity index (χ0) is 19.7. The summed E-state index contributed by atoms with van der Waals surface area (Å²) in [5.74, 6) is 2.16. The quantitative estimate of drug-likeness (QED) is 0.485. The second-order valence-electron chi connectivity index (χ2n) is 7.59. The van der Waals surface area contributed by atoms with Gasteiger partial charge in [0.05, 0.1) is 19.4 Å². The maximum atomic E-state index is 6.32. The van der Waals surface area contributed by atoms with Crippen molar-refractivity contribution in [2.24, 2.45) is 0 Å². The van der Waals surface area contributed by atoms with E-state index >= 15 is 0 Å². The molecule has 9 heteroatoms. The summed E-state index contributed by atoms with van der Waals surface area (Å²) in [4.78, 5) is 9.46. The minimum Gasteiger partial charge on any atom is -0.467 e. The summed E-state index contributed by atoms with van der Waals surface area (Å²) in [5.41, 5.74) is 2.01. The van der Waals surface area contributed by atoms with Gasteiger partial charge < -0.3 is 9.73 Å². The molecule has 1 aromatic carbocycles. The van der Waals surface area contributed by atoms with E-state index in [9.17, 15) is 0 Å². The molecule has 3 heterocycles. The predicted octanol–water partition coefficient (Wildman–Crippen LogP) is 4.85. The predicted molar refractivity (Wildman–Crippen MR) is 116 cm³/mol. The molecule has 29 heavy (non-hydrogen) atoms. The molecule has 7 nitrogen and oxygen atoms in total. The van der Waals surface area contributed by atoms with Gasteiger partial charge in [-0.3, -0.25) is 0 Å². The van der Waals surface area contributed by atoms with Crippen molar-refractivity contribution in [3.63, 3.8) is 0 Å². The minimum absolute atomic E-state index is 0. The molecular weight excluding hydrogens is 411 g/mol. The lowest BCUT2D eigenvalue weighted by Crippen LogP contribution is -2.18. The van der Waals surface area contributed by atoms with Crippen molar-refractivity contribution < 1.29 is 4.42 Å². The van der Waals surface area contributed by atoms with Crippen LogP contribution in [0.25, 0.3) is 11.2 Å². The number of hydrogen-bond donors (Lipinski definition) is 1. The number of fused-ring (bicyclic) bond motifs is 1. The second-order valence-corrected chi connectivity index (χ2v) is 8.00. The summed E-state index contributed by atoms with van der Waals surface area (Å²) in [6.45, 7) is 7.21. The van der Waals surface area contributed by atoms with E-state index in [1.807, 2.05) is 36.4 Å². The van der Waals surface area contributed by atoms with E-state index in [0.717, 1.165) is 11.3 Å². The second kappa shape index (κ2) is 8.39. The van der Waals surface area contributed by atoms with E-state index in [4.69, 9.17) is 26.0 Å². The molecule has 0 radical (unpaired) electrons. The molecule has 4 rings (SSSR count). The average molecular weight is 433 g/mol. The first-order valence-corrected chi connectivity index (χ1v) is 9.41. The lowest BCUT2D eigenvalue weighted by atomic mass is 9.96. The smallest absolute Gasteiger partial charge is 0.184 e. The van der Waals surface area contributed by atoms with Crippen LogP contribution in [0, 0.1) is 0 Å². The highest BCUT2D eigenvalue weighted by atomic mass is 35.5. The molecule has 0 aliphatic carbocycles. The van der Waals surface area contributed by atoms with Crippen LogP contribution in [-0.4, -0.2) is 25.0 Å². The molecule has 0 unspecified atom stereocenters. The van der Waals surface area contributed by atoms with Crippen molar-refractivity contribution in [1.29, 1.82) is 0 Å². The Kier molecular flexibility index (Phi) is 6.10. The molecule has 0 fully saturated rings. The van der Waals surface area contributed by atoms with Gasteiger partial charge in [0.25, 0.3) is 0 Å². The fourth-order valence-corrected chi connectivity index (χ4v) is 2.99. The molecule has 0 amide bonds. The van der Waals surface area contributed by atoms with Crippen molar-refractivity contribution in [2.75, 3.05) is 5.32 Å². The first kappa shape index (κ1) is 21.1. The van der Waals surface area contributed by atoms with Crippen LogP contribution in [0.4, 0.5) is 5.82 Å². The highest BCUT2D eigenvalue weighted by Gasteiger charge is 2.23. The molecular formula is C20H22Cl2N6O. The number of rotatable bonds is 5. The lowest BCUT2D eigenvalue weighted by molar-refractivity contribution is 0.517. The summed E-state index contributed by atoms with van der Waals surface area (Å²) >= 11 is 6.32. The molecule has 0 bridgehead atoms. The Labute approximate surface area is 179 Å². The highest BCUT2D eigenvalue weighted by Crippen LogP contribution is 2.26. The highest BCUT2D eigenvalue weighted by molar-refractivity contribution is 6.31. The van der Waals surface area contributed by atoms with Gasteiger partial charge in [-0.15, -0.1) is 17.5 Å². The Balaban J connectivity index is 0.00000240. The van der Waals surface area contributed by atoms with Crippen molar-refractivity contribution in [3.05, 3.63) is 64.8 Å². The largest absolute Gasteiger partial charge is 0.467 e. The Morgan fingerprint density at radius 2 is 1.90 bits per heavy atom. The normalized spacial score (nSPS) is 11.4. The van der Waals surface area contributed by atoms with Crippen LogP contribution < -0.4 is 5.32 Å². The fraction of sp³-hybridized carbons (Fsp3) is 0.300. The van der Waals surface area contributed by atoms with Crippen molar-refractivity contribution in [3.8, 4) is 0 Å². The standard InChI is InChI=1S/C20H21ClN6O.ClH/c1-20(2,3)19-23-17(22-11-14-8-6-10-28-14)16-18(24-19)27(26-25-16)12-13-7-4-5-9-15(13)21;/h4-10H,11-12H2,1-3H3,(H,22,23,24);1H. The third-order valence-corrected chi connectivity index (χ3v) is 4.69. The van der Waals surface area contributed by atoms with Gasteiger partial charge in [0.1, 0.15) is 11.6 Å². The van der Waals surface area contributed by atoms with Crippen LogP contribution in [0.3, 0.4) is 0 Å². The Hall–Kier alpha value is -2.64. The van der Waals surface area contributed by atoms with Crippen LogP contribution in [0.5, 0.6) is 0 Å². The number of anilines is 1. The van der Waals surface area contributed by atoms with Gasteiger partial charge in [-0.1, -0.05) is 55.8 Å². The molecule has 3 aromatic heterocycles. The van der Waals surface area contributed by atoms with Crippen LogP contribution >= 0.6 is 24.0 Å². The van der Waals surface area contributed by atoms with Crippen LogP contribution in [0.1, 0.15) is 37.9 Å². The zero-order valence-electron chi connectivity index (χ0n) is 16.4. The van der Waals surface area contributed by atoms with Gasteiger partial charge in [-0.25, -0.2) is 14.6 Å². The summed E-state index contributed by atoms with van der Waals surface area (Å²) in [6.07, 6.45) is 1.65. The van der Waals surface area contributed by atoms with E-state index in [0.29, 0.717) is 40.9 Å². The third kappa shape index (κ3) is 4.52. The fourth-order valence-electron chi connectivity index (χ4n) is 2.79. The average Bonchev–Trinajstić information content (AvgIpc) is 3.31. The van der Waals surface area contributed by atoms with Gasteiger partial charge in [-0.05, 0) is 23.8 Å². The maximum Gasteiger partial charge on any atom is 0.184 e. The molecule has 0 saturated carbocycles. The number of nitrogens with zero attached hydrogens (tertiary/aromatic N) is 5. The molecule has 152 valence electrons. The minimum atomic E-state index is -0.227. The SMILES string of the molecule is CC(C)(C)c1nc(NCc2ccco2)c2nnn(Cc3ccccc3Cl)c2n1.Cl. The summed E-state index contributed by atoms with van der Waals surface area (Å²) in [7, 11) is 0. The third-order valence-electron chi connectivity index (χ3n) is 4.32. The molecule has 0 saturated heterocycles. The first-order chi connectivity index (χ1) is 13.4. The monoisotopic (exact) mass is 432 g/mol. The number of benzene rings is 1. The molecule has 0 aliphatic rings. The number of aromatic nitrogens is 5. The van der Waals surface area contributed by atoms with Gasteiger partial charge in [0.2, 0.25) is 0 Å². The number of nitrogens with one attached hydrogen (secondary N) is 1. The molecule has 1 N–H and O–H groups in total. The molecule has 4 aromatic rings. The maximum absolute atomic E-state index is 6.32. The molecule has 0 atom stereocenters. The Morgan fingerprint density at radius 1 is 1.10 bits per heavy atom. The topological polar surface area (TPSA) is 81.7 Å². The summed E-state index contributed by atoms with van der Waals surface area (Å²) < 4.78 is 7.16. The van der Waals surface area contributed by atoms with Crippen molar-refractivity contribution >= 4 is 41.0 Å². The first-order valence-electron chi connectivity index (χ1n) is 9.03. The van der Waals surface area contributed by atoms with E-state index in [1.165, 1.54) is 0 Å². The van der Waals surface area contributed by atoms with Gasteiger partial charge >= 0.3 is 0 Å². The zero-order valence-corrected chi connectivity index (χ0v) is 18.0. The van der Waals surface area contributed by atoms with Gasteiger partial charge in [0.15, 0.2) is 17.0 Å². The van der Waals surface area contributed by atoms with Gasteiger partial charge in [0, 0.05) is 10.4 Å². The van der Waals surface area contributed by atoms with Crippen LogP contribution in [0.2, 0.25) is 5.02 Å². The molecule has 0 spiro atoms. The summed E-state index contributed by atoms with van der Waals surface area (Å²) in [6, 6.07) is 11.4. The molecule has 0 aliphatic heterocycles. The van der Waals surface area contributed by atoms with Crippen LogP contribution in [-0.2, 0) is 18.5 Å². The van der Waals surface area contributed by atoms with E-state index in [1.54, 1.807) is 10.9 Å². The number of hydrogen-bond acceptors (Lipinski definition) is 6. The van der Waals surface area contributed by atoms with E-state index in [-0.39, 0.29) is 17.8 Å². The summed E-state index contributed by atoms with van der Waals surface area (Å²) in [5, 5.41) is 12.6. The van der Waals surface area contributed by atoms with Crippen molar-refractivity contribution in [1.82, 2.24) is 25.0 Å². The van der Waals surface area contributed by atoms with Crippen LogP contribution in [0.15, 0.2) is 47.1 Å². The number of furan rings is 1. The van der Waals surface area contributed by atoms with Gasteiger partial charge in [-0.2, -0.15) is 0 Å². The van der Waals surface area contributed by atoms with E-state index < -0.39 is 0 Å². The van der Waals surface area contributed by atoms with E-state index in [2.05, 4.69) is 36.4 Å². The Morgan fingerprint density at radius 3 is 2.59 bits per heavy atom. The Bertz CT molecular complexity index is 1100. The van der Waals surface area contributed by atoms with Crippen molar-refractivity contribution in [2.45, 2.75) is 39.3 Å². The number of halogens is 2. The lowest BCUT2D eigenvalue weighted by Gasteiger charge is -2.18.